The van der Waals surface area contributed by atoms with Crippen LogP contribution in [0.2, 0.25) is 0 Å². The first-order chi connectivity index (χ1) is 6.24. The second-order valence-corrected chi connectivity index (χ2v) is 3.13. The molecule has 0 saturated carbocycles. The summed E-state index contributed by atoms with van der Waals surface area (Å²) in [5.74, 6) is 0. The zero-order valence-electron chi connectivity index (χ0n) is 7.46. The fourth-order valence-electron chi connectivity index (χ4n) is 1.54. The molecule has 0 aromatic rings. The molecule has 0 amide bonds. The molecule has 0 spiro atoms. The van der Waals surface area contributed by atoms with Gasteiger partial charge in [-0.15, -0.1) is 0 Å². The van der Waals surface area contributed by atoms with Gasteiger partial charge in [-0.05, 0) is 6.42 Å². The molecule has 0 bridgehead atoms. The number of nitrogens with zero attached hydrogens (tertiary/aromatic N) is 1. The normalized spacial score (nSPS) is 23.3. The summed E-state index contributed by atoms with van der Waals surface area (Å²) >= 11 is 0. The second kappa shape index (κ2) is 5.47. The maximum absolute atomic E-state index is 12.1. The lowest BCUT2D eigenvalue weighted by molar-refractivity contribution is 0.0500. The molecule has 0 aromatic heterocycles. The van der Waals surface area contributed by atoms with Gasteiger partial charge in [0.25, 0.3) is 6.43 Å². The fraction of sp³-hybridized carbons (Fsp3) is 1.00. The minimum Gasteiger partial charge on any atom is -0.395 e. The Morgan fingerprint density at radius 3 is 2.77 bits per heavy atom. The van der Waals surface area contributed by atoms with Crippen molar-refractivity contribution in [1.29, 1.82) is 0 Å². The maximum atomic E-state index is 12.1. The molecule has 1 heterocycles. The van der Waals surface area contributed by atoms with Gasteiger partial charge in [0, 0.05) is 19.2 Å². The van der Waals surface area contributed by atoms with E-state index in [2.05, 4.69) is 0 Å². The van der Waals surface area contributed by atoms with E-state index in [0.717, 1.165) is 6.42 Å². The summed E-state index contributed by atoms with van der Waals surface area (Å²) in [6, 6.07) is 0.0566. The number of hydrogen-bond donors (Lipinski definition) is 1. The van der Waals surface area contributed by atoms with Gasteiger partial charge >= 0.3 is 0 Å². The first kappa shape index (κ1) is 10.8. The largest absolute Gasteiger partial charge is 0.395 e. The van der Waals surface area contributed by atoms with Crippen molar-refractivity contribution in [3.63, 3.8) is 0 Å². The molecular weight excluding hydrogens is 180 g/mol. The summed E-state index contributed by atoms with van der Waals surface area (Å²) in [6.45, 7) is 1.10. The molecule has 1 fully saturated rings. The molecule has 3 nitrogen and oxygen atoms in total. The molecule has 1 aliphatic heterocycles. The monoisotopic (exact) mass is 195 g/mol. The Bertz CT molecular complexity index is 140. The summed E-state index contributed by atoms with van der Waals surface area (Å²) in [5, 5.41) is 8.68. The van der Waals surface area contributed by atoms with E-state index in [0.29, 0.717) is 19.8 Å². The lowest BCUT2D eigenvalue weighted by atomic mass is 10.2. The highest BCUT2D eigenvalue weighted by Gasteiger charge is 2.24. The lowest BCUT2D eigenvalue weighted by Crippen LogP contribution is -2.40. The topological polar surface area (TPSA) is 32.7 Å². The average molecular weight is 195 g/mol. The Labute approximate surface area is 76.3 Å². The summed E-state index contributed by atoms with van der Waals surface area (Å²) < 4.78 is 29.3. The Morgan fingerprint density at radius 1 is 1.54 bits per heavy atom. The molecule has 1 saturated heterocycles. The van der Waals surface area contributed by atoms with Crippen molar-refractivity contribution in [1.82, 2.24) is 4.90 Å². The Hall–Kier alpha value is -0.260. The Kier molecular flexibility index (Phi) is 4.55. The summed E-state index contributed by atoms with van der Waals surface area (Å²) in [7, 11) is 0. The van der Waals surface area contributed by atoms with Gasteiger partial charge in [0.05, 0.1) is 19.8 Å². The van der Waals surface area contributed by atoms with Gasteiger partial charge in [-0.3, -0.25) is 4.90 Å². The third-order valence-corrected chi connectivity index (χ3v) is 2.18. The van der Waals surface area contributed by atoms with E-state index in [1.807, 2.05) is 0 Å². The van der Waals surface area contributed by atoms with E-state index in [1.54, 1.807) is 4.90 Å². The molecule has 78 valence electrons. The summed E-state index contributed by atoms with van der Waals surface area (Å²) in [6.07, 6.45) is -1.56. The number of aliphatic hydroxyl groups excluding tert-OH is 1. The minimum atomic E-state index is -2.34. The van der Waals surface area contributed by atoms with Crippen LogP contribution in [0, 0.1) is 0 Å². The van der Waals surface area contributed by atoms with E-state index in [-0.39, 0.29) is 19.2 Å². The van der Waals surface area contributed by atoms with Crippen LogP contribution in [0.5, 0.6) is 0 Å². The van der Waals surface area contributed by atoms with Crippen LogP contribution in [0.3, 0.4) is 0 Å². The highest BCUT2D eigenvalue weighted by Crippen LogP contribution is 2.13. The van der Waals surface area contributed by atoms with Crippen LogP contribution in [0.15, 0.2) is 0 Å². The van der Waals surface area contributed by atoms with Gasteiger partial charge in [-0.1, -0.05) is 0 Å². The van der Waals surface area contributed by atoms with E-state index >= 15 is 0 Å². The van der Waals surface area contributed by atoms with Gasteiger partial charge < -0.3 is 9.84 Å². The molecule has 5 heteroatoms. The zero-order valence-corrected chi connectivity index (χ0v) is 7.46. The first-order valence-corrected chi connectivity index (χ1v) is 4.45. The number of rotatable bonds is 5. The molecule has 1 atom stereocenters. The van der Waals surface area contributed by atoms with Crippen molar-refractivity contribution in [3.05, 3.63) is 0 Å². The number of alkyl halides is 2. The van der Waals surface area contributed by atoms with Crippen LogP contribution >= 0.6 is 0 Å². The van der Waals surface area contributed by atoms with Crippen molar-refractivity contribution >= 4 is 0 Å². The van der Waals surface area contributed by atoms with Crippen molar-refractivity contribution < 1.29 is 18.6 Å². The average Bonchev–Trinajstić information content (AvgIpc) is 2.54. The minimum absolute atomic E-state index is 0.0566. The SMILES string of the molecule is OCCN(CC(F)F)C1CCOC1. The molecule has 13 heavy (non-hydrogen) atoms. The number of hydrogen-bond acceptors (Lipinski definition) is 3. The quantitative estimate of drug-likeness (QED) is 0.686. The van der Waals surface area contributed by atoms with Crippen LogP contribution in [0.1, 0.15) is 6.42 Å². The predicted molar refractivity (Wildman–Crippen MR) is 43.9 cm³/mol. The Balaban J connectivity index is 2.35. The highest BCUT2D eigenvalue weighted by atomic mass is 19.3. The van der Waals surface area contributed by atoms with E-state index in [4.69, 9.17) is 9.84 Å². The lowest BCUT2D eigenvalue weighted by Gasteiger charge is -2.26. The van der Waals surface area contributed by atoms with Gasteiger partial charge in [-0.2, -0.15) is 0 Å². The van der Waals surface area contributed by atoms with Gasteiger partial charge in [0.1, 0.15) is 0 Å². The van der Waals surface area contributed by atoms with Crippen molar-refractivity contribution in [2.75, 3.05) is 32.9 Å². The summed E-state index contributed by atoms with van der Waals surface area (Å²) in [5.41, 5.74) is 0. The first-order valence-electron chi connectivity index (χ1n) is 4.45. The van der Waals surface area contributed by atoms with E-state index in [9.17, 15) is 8.78 Å². The molecule has 1 N–H and O–H groups in total. The highest BCUT2D eigenvalue weighted by molar-refractivity contribution is 4.75. The molecule has 0 aromatic carbocycles. The Morgan fingerprint density at radius 2 is 2.31 bits per heavy atom. The predicted octanol–water partition coefficient (Wildman–Crippen LogP) is 0.335. The zero-order chi connectivity index (χ0) is 9.68. The number of halogens is 2. The smallest absolute Gasteiger partial charge is 0.251 e. The van der Waals surface area contributed by atoms with Crippen molar-refractivity contribution in [2.24, 2.45) is 0 Å². The second-order valence-electron chi connectivity index (χ2n) is 3.13. The molecular formula is C8H15F2NO2. The van der Waals surface area contributed by atoms with Crippen LogP contribution in [-0.2, 0) is 4.74 Å². The van der Waals surface area contributed by atoms with Crippen molar-refractivity contribution in [2.45, 2.75) is 18.9 Å². The van der Waals surface area contributed by atoms with Crippen LogP contribution in [-0.4, -0.2) is 55.4 Å². The van der Waals surface area contributed by atoms with E-state index < -0.39 is 6.43 Å². The van der Waals surface area contributed by atoms with E-state index in [1.165, 1.54) is 0 Å². The molecule has 1 rings (SSSR count). The van der Waals surface area contributed by atoms with Gasteiger partial charge in [0.15, 0.2) is 0 Å². The fourth-order valence-corrected chi connectivity index (χ4v) is 1.54. The molecule has 1 aliphatic rings. The van der Waals surface area contributed by atoms with Crippen LogP contribution < -0.4 is 0 Å². The third-order valence-electron chi connectivity index (χ3n) is 2.18. The van der Waals surface area contributed by atoms with Gasteiger partial charge in [0.2, 0.25) is 0 Å². The number of aliphatic hydroxyl groups is 1. The van der Waals surface area contributed by atoms with Crippen molar-refractivity contribution in [3.8, 4) is 0 Å². The standard InChI is InChI=1S/C8H15F2NO2/c9-8(10)5-11(2-3-12)7-1-4-13-6-7/h7-8,12H,1-6H2. The van der Waals surface area contributed by atoms with Crippen LogP contribution in [0.25, 0.3) is 0 Å². The third kappa shape index (κ3) is 3.54. The van der Waals surface area contributed by atoms with Crippen LogP contribution in [0.4, 0.5) is 8.78 Å². The molecule has 0 radical (unpaired) electrons. The summed E-state index contributed by atoms with van der Waals surface area (Å²) in [4.78, 5) is 1.59. The molecule has 1 unspecified atom stereocenters. The molecule has 0 aliphatic carbocycles. The maximum Gasteiger partial charge on any atom is 0.251 e. The number of ether oxygens (including phenoxy) is 1. The van der Waals surface area contributed by atoms with Gasteiger partial charge in [-0.25, -0.2) is 8.78 Å².